The molecule has 2 aromatic carbocycles. The summed E-state index contributed by atoms with van der Waals surface area (Å²) in [4.78, 5) is 8.76. The number of aromatic nitrogens is 2. The lowest BCUT2D eigenvalue weighted by atomic mass is 10.1. The molecule has 0 N–H and O–H groups in total. The number of halogens is 1. The second-order valence-electron chi connectivity index (χ2n) is 4.13. The quantitative estimate of drug-likeness (QED) is 0.640. The van der Waals surface area contributed by atoms with Gasteiger partial charge in [0, 0.05) is 17.3 Å². The normalized spacial score (nSPS) is 10.4. The monoisotopic (exact) mass is 266 g/mol. The van der Waals surface area contributed by atoms with Crippen LogP contribution in [0.3, 0.4) is 0 Å². The smallest absolute Gasteiger partial charge is 0.160 e. The summed E-state index contributed by atoms with van der Waals surface area (Å²) < 4.78 is 0. The van der Waals surface area contributed by atoms with Crippen LogP contribution in [0.25, 0.3) is 22.5 Å². The van der Waals surface area contributed by atoms with Crippen molar-refractivity contribution in [3.05, 3.63) is 72.0 Å². The summed E-state index contributed by atoms with van der Waals surface area (Å²) in [5.41, 5.74) is 2.83. The van der Waals surface area contributed by atoms with Crippen molar-refractivity contribution >= 4 is 11.6 Å². The average Bonchev–Trinajstić information content (AvgIpc) is 2.49. The van der Waals surface area contributed by atoms with Crippen molar-refractivity contribution < 1.29 is 0 Å². The molecule has 2 nitrogen and oxygen atoms in total. The minimum atomic E-state index is 0.472. The molecule has 0 atom stereocenters. The van der Waals surface area contributed by atoms with E-state index in [0.717, 1.165) is 16.7 Å². The molecule has 3 aromatic rings. The highest BCUT2D eigenvalue weighted by Gasteiger charge is 2.08. The Morgan fingerprint density at radius 2 is 1.32 bits per heavy atom. The minimum absolute atomic E-state index is 0.472. The summed E-state index contributed by atoms with van der Waals surface area (Å²) in [6.07, 6.45) is 1.77. The van der Waals surface area contributed by atoms with Gasteiger partial charge in [0.2, 0.25) is 0 Å². The van der Waals surface area contributed by atoms with Crippen molar-refractivity contribution in [2.45, 2.75) is 0 Å². The van der Waals surface area contributed by atoms with Gasteiger partial charge in [-0.05, 0) is 5.56 Å². The van der Waals surface area contributed by atoms with Gasteiger partial charge in [-0.25, -0.2) is 9.97 Å². The van der Waals surface area contributed by atoms with Crippen LogP contribution in [-0.4, -0.2) is 9.97 Å². The SMILES string of the molecule is Clc1nc(-c2ccccc2)ncc1-c1ccccc1. The lowest BCUT2D eigenvalue weighted by molar-refractivity contribution is 1.18. The van der Waals surface area contributed by atoms with Crippen LogP contribution in [0.15, 0.2) is 66.9 Å². The molecule has 0 aliphatic rings. The van der Waals surface area contributed by atoms with Crippen molar-refractivity contribution in [3.63, 3.8) is 0 Å². The Balaban J connectivity index is 2.04. The van der Waals surface area contributed by atoms with Gasteiger partial charge in [0.15, 0.2) is 5.82 Å². The molecule has 0 spiro atoms. The predicted octanol–water partition coefficient (Wildman–Crippen LogP) is 4.46. The third kappa shape index (κ3) is 2.49. The van der Waals surface area contributed by atoms with Crippen molar-refractivity contribution in [3.8, 4) is 22.5 Å². The van der Waals surface area contributed by atoms with Crippen LogP contribution in [0.4, 0.5) is 0 Å². The maximum atomic E-state index is 6.26. The zero-order valence-corrected chi connectivity index (χ0v) is 10.9. The average molecular weight is 267 g/mol. The number of rotatable bonds is 2. The van der Waals surface area contributed by atoms with E-state index in [1.165, 1.54) is 0 Å². The molecule has 0 saturated heterocycles. The van der Waals surface area contributed by atoms with Crippen molar-refractivity contribution in [2.24, 2.45) is 0 Å². The van der Waals surface area contributed by atoms with E-state index < -0.39 is 0 Å². The van der Waals surface area contributed by atoms with E-state index in [9.17, 15) is 0 Å². The van der Waals surface area contributed by atoms with Crippen molar-refractivity contribution in [2.75, 3.05) is 0 Å². The summed E-state index contributed by atoms with van der Waals surface area (Å²) in [6, 6.07) is 19.7. The molecule has 0 radical (unpaired) electrons. The fraction of sp³-hybridized carbons (Fsp3) is 0. The number of hydrogen-bond donors (Lipinski definition) is 0. The Hall–Kier alpha value is -2.19. The van der Waals surface area contributed by atoms with E-state index >= 15 is 0 Å². The van der Waals surface area contributed by atoms with E-state index in [4.69, 9.17) is 11.6 Å². The molecule has 0 bridgehead atoms. The first-order valence-corrected chi connectivity index (χ1v) is 6.36. The molecule has 0 saturated carbocycles. The molecule has 3 heteroatoms. The topological polar surface area (TPSA) is 25.8 Å². The van der Waals surface area contributed by atoms with E-state index in [2.05, 4.69) is 9.97 Å². The van der Waals surface area contributed by atoms with Gasteiger partial charge in [-0.15, -0.1) is 0 Å². The highest BCUT2D eigenvalue weighted by Crippen LogP contribution is 2.27. The van der Waals surface area contributed by atoms with Crippen molar-refractivity contribution in [1.29, 1.82) is 0 Å². The fourth-order valence-electron chi connectivity index (χ4n) is 1.90. The van der Waals surface area contributed by atoms with Gasteiger partial charge in [0.1, 0.15) is 5.15 Å². The molecule has 92 valence electrons. The molecule has 0 aliphatic heterocycles. The lowest BCUT2D eigenvalue weighted by Gasteiger charge is -2.05. The van der Waals surface area contributed by atoms with Gasteiger partial charge in [-0.2, -0.15) is 0 Å². The summed E-state index contributed by atoms with van der Waals surface area (Å²) in [5.74, 6) is 0.644. The molecule has 0 fully saturated rings. The Kier molecular flexibility index (Phi) is 3.25. The van der Waals surface area contributed by atoms with Gasteiger partial charge in [0.05, 0.1) is 0 Å². The first-order chi connectivity index (χ1) is 9.34. The van der Waals surface area contributed by atoms with E-state index in [-0.39, 0.29) is 0 Å². The second-order valence-corrected chi connectivity index (χ2v) is 4.49. The molecule has 0 aliphatic carbocycles. The Morgan fingerprint density at radius 3 is 1.89 bits per heavy atom. The molecular formula is C16H11ClN2. The molecule has 3 rings (SSSR count). The third-order valence-corrected chi connectivity index (χ3v) is 3.15. The number of hydrogen-bond acceptors (Lipinski definition) is 2. The second kappa shape index (κ2) is 5.21. The fourth-order valence-corrected chi connectivity index (χ4v) is 2.14. The van der Waals surface area contributed by atoms with Gasteiger partial charge >= 0.3 is 0 Å². The van der Waals surface area contributed by atoms with E-state index in [0.29, 0.717) is 11.0 Å². The zero-order valence-electron chi connectivity index (χ0n) is 10.1. The number of nitrogens with zero attached hydrogens (tertiary/aromatic N) is 2. The molecule has 0 unspecified atom stereocenters. The Bertz CT molecular complexity index is 682. The van der Waals surface area contributed by atoms with Crippen LogP contribution in [0.5, 0.6) is 0 Å². The first kappa shape index (κ1) is 11.9. The Morgan fingerprint density at radius 1 is 0.737 bits per heavy atom. The first-order valence-electron chi connectivity index (χ1n) is 5.98. The standard InChI is InChI=1S/C16H11ClN2/c17-15-14(12-7-3-1-4-8-12)11-18-16(19-15)13-9-5-2-6-10-13/h1-11H. The van der Waals surface area contributed by atoms with Crippen LogP contribution < -0.4 is 0 Å². The van der Waals surface area contributed by atoms with Crippen molar-refractivity contribution in [1.82, 2.24) is 9.97 Å². The van der Waals surface area contributed by atoms with Crippen LogP contribution in [-0.2, 0) is 0 Å². The molecule has 0 amide bonds. The lowest BCUT2D eigenvalue weighted by Crippen LogP contribution is -1.91. The maximum Gasteiger partial charge on any atom is 0.160 e. The van der Waals surface area contributed by atoms with E-state index in [1.807, 2.05) is 60.7 Å². The van der Waals surface area contributed by atoms with Crippen LogP contribution >= 0.6 is 11.6 Å². The highest BCUT2D eigenvalue weighted by atomic mass is 35.5. The highest BCUT2D eigenvalue weighted by molar-refractivity contribution is 6.32. The number of benzene rings is 2. The van der Waals surface area contributed by atoms with Gasteiger partial charge in [0.25, 0.3) is 0 Å². The minimum Gasteiger partial charge on any atom is -0.236 e. The molecular weight excluding hydrogens is 256 g/mol. The maximum absolute atomic E-state index is 6.26. The third-order valence-electron chi connectivity index (χ3n) is 2.86. The van der Waals surface area contributed by atoms with Crippen LogP contribution in [0.2, 0.25) is 5.15 Å². The Labute approximate surface area is 116 Å². The molecule has 19 heavy (non-hydrogen) atoms. The summed E-state index contributed by atoms with van der Waals surface area (Å²) in [7, 11) is 0. The molecule has 1 aromatic heterocycles. The zero-order chi connectivity index (χ0) is 13.1. The van der Waals surface area contributed by atoms with Gasteiger partial charge in [-0.1, -0.05) is 72.3 Å². The predicted molar refractivity (Wildman–Crippen MR) is 77.9 cm³/mol. The largest absolute Gasteiger partial charge is 0.236 e. The van der Waals surface area contributed by atoms with Gasteiger partial charge in [-0.3, -0.25) is 0 Å². The van der Waals surface area contributed by atoms with Crippen LogP contribution in [0, 0.1) is 0 Å². The van der Waals surface area contributed by atoms with Crippen LogP contribution in [0.1, 0.15) is 0 Å². The molecule has 1 heterocycles. The summed E-state index contributed by atoms with van der Waals surface area (Å²) in [5, 5.41) is 0.472. The summed E-state index contributed by atoms with van der Waals surface area (Å²) in [6.45, 7) is 0. The summed E-state index contributed by atoms with van der Waals surface area (Å²) >= 11 is 6.26. The van der Waals surface area contributed by atoms with E-state index in [1.54, 1.807) is 6.20 Å². The van der Waals surface area contributed by atoms with Gasteiger partial charge < -0.3 is 0 Å².